The van der Waals surface area contributed by atoms with E-state index < -0.39 is 48.5 Å². The Hall–Kier alpha value is -3.09. The highest BCUT2D eigenvalue weighted by molar-refractivity contribution is 6.31. The highest BCUT2D eigenvalue weighted by Gasteiger charge is 2.51. The van der Waals surface area contributed by atoms with Gasteiger partial charge in [0.1, 0.15) is 24.6 Å². The third-order valence-corrected chi connectivity index (χ3v) is 5.40. The summed E-state index contributed by atoms with van der Waals surface area (Å²) in [6, 6.07) is 4.80. The molecule has 1 fully saturated rings. The number of nitrogens with one attached hydrogen (secondary N) is 1. The number of carbonyl (C=O) groups excluding carboxylic acids is 1. The Bertz CT molecular complexity index is 1190. The third-order valence-electron chi connectivity index (χ3n) is 5.08. The number of hydrogen-bond donors (Lipinski definition) is 1. The Morgan fingerprint density at radius 3 is 2.61 bits per heavy atom. The predicted molar refractivity (Wildman–Crippen MR) is 101 cm³/mol. The van der Waals surface area contributed by atoms with Crippen LogP contribution in [0.2, 0.25) is 5.02 Å². The molecule has 2 aromatic heterocycles. The molecule has 176 valence electrons. The van der Waals surface area contributed by atoms with Crippen LogP contribution in [-0.2, 0) is 16.8 Å². The Labute approximate surface area is 186 Å². The lowest BCUT2D eigenvalue weighted by Crippen LogP contribution is -2.36. The fourth-order valence-electron chi connectivity index (χ4n) is 3.37. The summed E-state index contributed by atoms with van der Waals surface area (Å²) in [5.41, 5.74) is -1.04. The van der Waals surface area contributed by atoms with Gasteiger partial charge in [-0.2, -0.15) is 23.3 Å². The van der Waals surface area contributed by atoms with E-state index in [4.69, 9.17) is 16.1 Å². The minimum atomic E-state index is -4.65. The van der Waals surface area contributed by atoms with Crippen LogP contribution >= 0.6 is 11.6 Å². The molecule has 1 aromatic carbocycles. The van der Waals surface area contributed by atoms with Crippen molar-refractivity contribution in [3.63, 3.8) is 0 Å². The fourth-order valence-corrected chi connectivity index (χ4v) is 3.71. The molecule has 33 heavy (non-hydrogen) atoms. The van der Waals surface area contributed by atoms with Crippen molar-refractivity contribution in [1.29, 1.82) is 0 Å². The normalized spacial score (nSPS) is 15.2. The average molecular weight is 494 g/mol. The molecule has 0 saturated heterocycles. The van der Waals surface area contributed by atoms with E-state index in [1.807, 2.05) is 0 Å². The predicted octanol–water partition coefficient (Wildman–Crippen LogP) is 4.42. The summed E-state index contributed by atoms with van der Waals surface area (Å²) in [4.78, 5) is 15.9. The van der Waals surface area contributed by atoms with Crippen LogP contribution in [0.4, 0.5) is 26.3 Å². The van der Waals surface area contributed by atoms with Gasteiger partial charge < -0.3 is 9.84 Å². The minimum absolute atomic E-state index is 0.174. The standard InChI is InChI=1S/C19H14ClF6N5O2/c20-11-5-9(21)1-2-10(11)18(3-4-18)17-28-16(33-30-17)12-6-13(15(22)23)31(29-12)7-14(32)27-8-19(24,25)26/h1-2,5-6,15H,3-4,7-8H2,(H,27,32). The molecule has 1 aliphatic carbocycles. The molecule has 1 N–H and O–H groups in total. The van der Waals surface area contributed by atoms with Crippen LogP contribution < -0.4 is 5.32 Å². The molecule has 0 spiro atoms. The first-order chi connectivity index (χ1) is 15.5. The van der Waals surface area contributed by atoms with Crippen molar-refractivity contribution in [3.05, 3.63) is 52.2 Å². The highest BCUT2D eigenvalue weighted by Crippen LogP contribution is 2.54. The Morgan fingerprint density at radius 1 is 1.27 bits per heavy atom. The molecule has 7 nitrogen and oxygen atoms in total. The molecule has 2 heterocycles. The van der Waals surface area contributed by atoms with Gasteiger partial charge in [-0.1, -0.05) is 22.8 Å². The molecular weight excluding hydrogens is 480 g/mol. The van der Waals surface area contributed by atoms with Crippen LogP contribution in [0.25, 0.3) is 11.6 Å². The van der Waals surface area contributed by atoms with Crippen LogP contribution in [-0.4, -0.2) is 38.5 Å². The lowest BCUT2D eigenvalue weighted by molar-refractivity contribution is -0.138. The van der Waals surface area contributed by atoms with Crippen molar-refractivity contribution in [3.8, 4) is 11.6 Å². The van der Waals surface area contributed by atoms with Crippen molar-refractivity contribution in [2.24, 2.45) is 0 Å². The minimum Gasteiger partial charge on any atom is -0.345 e. The Balaban J connectivity index is 1.58. The van der Waals surface area contributed by atoms with Crippen molar-refractivity contribution in [2.45, 2.75) is 37.4 Å². The molecule has 4 rings (SSSR count). The number of hydrogen-bond acceptors (Lipinski definition) is 5. The van der Waals surface area contributed by atoms with Gasteiger partial charge >= 0.3 is 6.18 Å². The summed E-state index contributed by atoms with van der Waals surface area (Å²) in [7, 11) is 0. The number of rotatable bonds is 7. The van der Waals surface area contributed by atoms with E-state index in [1.165, 1.54) is 12.1 Å². The van der Waals surface area contributed by atoms with Gasteiger partial charge in [-0.15, -0.1) is 0 Å². The molecule has 1 aliphatic rings. The van der Waals surface area contributed by atoms with E-state index in [0.717, 1.165) is 12.1 Å². The topological polar surface area (TPSA) is 85.8 Å². The van der Waals surface area contributed by atoms with E-state index in [2.05, 4.69) is 15.2 Å². The number of amides is 1. The molecule has 3 aromatic rings. The second kappa shape index (κ2) is 8.36. The number of carbonyl (C=O) groups is 1. The molecule has 0 unspecified atom stereocenters. The second-order valence-corrected chi connectivity index (χ2v) is 7.84. The first-order valence-electron chi connectivity index (χ1n) is 9.48. The summed E-state index contributed by atoms with van der Waals surface area (Å²) < 4.78 is 82.7. The van der Waals surface area contributed by atoms with E-state index in [9.17, 15) is 31.1 Å². The van der Waals surface area contributed by atoms with Gasteiger partial charge in [-0.3, -0.25) is 9.48 Å². The van der Waals surface area contributed by atoms with Gasteiger partial charge in [0.2, 0.25) is 5.91 Å². The maximum absolute atomic E-state index is 13.4. The summed E-state index contributed by atoms with van der Waals surface area (Å²) in [6.07, 6.45) is -6.54. The van der Waals surface area contributed by atoms with E-state index in [1.54, 1.807) is 5.32 Å². The number of benzene rings is 1. The first-order valence-corrected chi connectivity index (χ1v) is 9.86. The number of nitrogens with zero attached hydrogens (tertiary/aromatic N) is 4. The van der Waals surface area contributed by atoms with E-state index in [0.29, 0.717) is 23.1 Å². The van der Waals surface area contributed by atoms with Gasteiger partial charge in [0, 0.05) is 5.02 Å². The first kappa shape index (κ1) is 23.1. The summed E-state index contributed by atoms with van der Waals surface area (Å²) >= 11 is 6.16. The zero-order valence-corrected chi connectivity index (χ0v) is 17.2. The summed E-state index contributed by atoms with van der Waals surface area (Å²) in [5, 5.41) is 9.47. The smallest absolute Gasteiger partial charge is 0.345 e. The molecule has 0 atom stereocenters. The van der Waals surface area contributed by atoms with Crippen LogP contribution in [0.15, 0.2) is 28.8 Å². The molecule has 0 aliphatic heterocycles. The average Bonchev–Trinajstić information content (AvgIpc) is 3.17. The fraction of sp³-hybridized carbons (Fsp3) is 0.368. The van der Waals surface area contributed by atoms with Crippen LogP contribution in [0.1, 0.15) is 36.3 Å². The van der Waals surface area contributed by atoms with Crippen LogP contribution in [0.3, 0.4) is 0 Å². The second-order valence-electron chi connectivity index (χ2n) is 7.43. The zero-order chi connectivity index (χ0) is 24.0. The van der Waals surface area contributed by atoms with Gasteiger partial charge in [0.15, 0.2) is 11.5 Å². The largest absolute Gasteiger partial charge is 0.405 e. The molecule has 0 radical (unpaired) electrons. The number of alkyl halides is 5. The maximum atomic E-state index is 13.4. The molecule has 14 heteroatoms. The van der Waals surface area contributed by atoms with Crippen molar-refractivity contribution in [2.75, 3.05) is 6.54 Å². The van der Waals surface area contributed by atoms with Gasteiger partial charge in [0.05, 0.1) is 5.41 Å². The quantitative estimate of drug-likeness (QED) is 0.492. The number of aromatic nitrogens is 4. The summed E-state index contributed by atoms with van der Waals surface area (Å²) in [6.45, 7) is -2.48. The third kappa shape index (κ3) is 4.82. The molecule has 1 amide bonds. The SMILES string of the molecule is O=C(Cn1nc(-c2nc(C3(c4ccc(F)cc4Cl)CC3)no2)cc1C(F)F)NCC(F)(F)F. The molecule has 0 bridgehead atoms. The Morgan fingerprint density at radius 2 is 2.00 bits per heavy atom. The Kier molecular flexibility index (Phi) is 5.85. The molecular formula is C19H14ClF6N5O2. The zero-order valence-electron chi connectivity index (χ0n) is 16.5. The number of halogens is 7. The van der Waals surface area contributed by atoms with E-state index >= 15 is 0 Å². The van der Waals surface area contributed by atoms with Gasteiger partial charge in [-0.05, 0) is 36.6 Å². The highest BCUT2D eigenvalue weighted by atomic mass is 35.5. The van der Waals surface area contributed by atoms with Crippen LogP contribution in [0, 0.1) is 5.82 Å². The molecule has 1 saturated carbocycles. The monoisotopic (exact) mass is 493 g/mol. The lowest BCUT2D eigenvalue weighted by Gasteiger charge is -2.12. The summed E-state index contributed by atoms with van der Waals surface area (Å²) in [5.74, 6) is -1.70. The van der Waals surface area contributed by atoms with Gasteiger partial charge in [-0.25, -0.2) is 13.2 Å². The van der Waals surface area contributed by atoms with E-state index in [-0.39, 0.29) is 22.4 Å². The van der Waals surface area contributed by atoms with Crippen molar-refractivity contribution in [1.82, 2.24) is 25.2 Å². The van der Waals surface area contributed by atoms with Gasteiger partial charge in [0.25, 0.3) is 12.3 Å². The maximum Gasteiger partial charge on any atom is 0.405 e. The van der Waals surface area contributed by atoms with Crippen LogP contribution in [0.5, 0.6) is 0 Å². The van der Waals surface area contributed by atoms with Crippen molar-refractivity contribution >= 4 is 17.5 Å². The lowest BCUT2D eigenvalue weighted by atomic mass is 9.95. The van der Waals surface area contributed by atoms with Crippen molar-refractivity contribution < 1.29 is 35.7 Å².